The van der Waals surface area contributed by atoms with Crippen LogP contribution in [0.1, 0.15) is 19.0 Å². The zero-order valence-corrected chi connectivity index (χ0v) is 12.3. The lowest BCUT2D eigenvalue weighted by Gasteiger charge is -2.21. The average Bonchev–Trinajstić information content (AvgIpc) is 2.41. The third-order valence-corrected chi connectivity index (χ3v) is 2.99. The lowest BCUT2D eigenvalue weighted by molar-refractivity contribution is 0.663. The molecule has 0 saturated heterocycles. The molecular formula is C15H22ClN3. The van der Waals surface area contributed by atoms with Crippen LogP contribution in [0, 0.1) is 0 Å². The van der Waals surface area contributed by atoms with E-state index in [1.54, 1.807) is 0 Å². The highest BCUT2D eigenvalue weighted by Gasteiger charge is 2.08. The molecule has 0 amide bonds. The van der Waals surface area contributed by atoms with E-state index in [2.05, 4.69) is 35.3 Å². The minimum absolute atomic E-state index is 0.691. The Morgan fingerprint density at radius 3 is 2.58 bits per heavy atom. The fraction of sp³-hybridized carbons (Fsp3) is 0.400. The van der Waals surface area contributed by atoms with E-state index in [0.717, 1.165) is 37.6 Å². The Balaban J connectivity index is 2.85. The summed E-state index contributed by atoms with van der Waals surface area (Å²) < 4.78 is 0. The van der Waals surface area contributed by atoms with Gasteiger partial charge in [-0.25, -0.2) is 4.98 Å². The van der Waals surface area contributed by atoms with Crippen molar-refractivity contribution in [2.24, 2.45) is 0 Å². The average molecular weight is 280 g/mol. The van der Waals surface area contributed by atoms with Crippen molar-refractivity contribution >= 4 is 17.4 Å². The summed E-state index contributed by atoms with van der Waals surface area (Å²) in [6.45, 7) is 12.8. The Bertz CT molecular complexity index is 408. The van der Waals surface area contributed by atoms with E-state index in [9.17, 15) is 0 Å². The zero-order valence-electron chi connectivity index (χ0n) is 11.5. The van der Waals surface area contributed by atoms with E-state index in [1.165, 1.54) is 0 Å². The van der Waals surface area contributed by atoms with Gasteiger partial charge in [-0.05, 0) is 25.1 Å². The molecular weight excluding hydrogens is 258 g/mol. The second-order valence-electron chi connectivity index (χ2n) is 4.26. The molecule has 0 aliphatic carbocycles. The first-order valence-electron chi connectivity index (χ1n) is 6.55. The maximum atomic E-state index is 6.17. The maximum Gasteiger partial charge on any atom is 0.129 e. The van der Waals surface area contributed by atoms with Gasteiger partial charge in [-0.3, -0.25) is 0 Å². The van der Waals surface area contributed by atoms with Gasteiger partial charge in [-0.2, -0.15) is 0 Å². The van der Waals surface area contributed by atoms with Crippen LogP contribution in [0.25, 0.3) is 0 Å². The molecule has 19 heavy (non-hydrogen) atoms. The first-order chi connectivity index (χ1) is 9.22. The molecule has 1 aromatic rings. The van der Waals surface area contributed by atoms with Crippen molar-refractivity contribution in [1.82, 2.24) is 10.3 Å². The first kappa shape index (κ1) is 15.7. The molecule has 0 fully saturated rings. The predicted molar refractivity (Wildman–Crippen MR) is 83.9 cm³/mol. The van der Waals surface area contributed by atoms with Crippen molar-refractivity contribution in [1.29, 1.82) is 0 Å². The van der Waals surface area contributed by atoms with Gasteiger partial charge in [-0.15, -0.1) is 13.2 Å². The van der Waals surface area contributed by atoms with E-state index in [-0.39, 0.29) is 0 Å². The summed E-state index contributed by atoms with van der Waals surface area (Å²) >= 11 is 6.17. The molecule has 4 heteroatoms. The number of nitrogens with one attached hydrogen (secondary N) is 1. The molecule has 1 rings (SSSR count). The number of hydrogen-bond donors (Lipinski definition) is 1. The van der Waals surface area contributed by atoms with Crippen LogP contribution in [0.15, 0.2) is 37.4 Å². The third kappa shape index (κ3) is 5.05. The second-order valence-corrected chi connectivity index (χ2v) is 4.66. The molecule has 0 aliphatic rings. The number of hydrogen-bond acceptors (Lipinski definition) is 3. The van der Waals surface area contributed by atoms with Gasteiger partial charge in [0.2, 0.25) is 0 Å². The second kappa shape index (κ2) is 8.73. The highest BCUT2D eigenvalue weighted by Crippen LogP contribution is 2.19. The van der Waals surface area contributed by atoms with Crippen LogP contribution in [0.4, 0.5) is 5.82 Å². The molecule has 3 nitrogen and oxygen atoms in total. The lowest BCUT2D eigenvalue weighted by atomic mass is 10.3. The number of anilines is 1. The van der Waals surface area contributed by atoms with Crippen molar-refractivity contribution in [2.45, 2.75) is 19.9 Å². The highest BCUT2D eigenvalue weighted by molar-refractivity contribution is 6.31. The van der Waals surface area contributed by atoms with Gasteiger partial charge >= 0.3 is 0 Å². The number of halogens is 1. The molecule has 0 aromatic carbocycles. The minimum atomic E-state index is 0.691. The topological polar surface area (TPSA) is 28.2 Å². The van der Waals surface area contributed by atoms with Gasteiger partial charge in [-0.1, -0.05) is 30.7 Å². The molecule has 0 unspecified atom stereocenters. The molecule has 0 radical (unpaired) electrons. The number of pyridine rings is 1. The zero-order chi connectivity index (χ0) is 14.1. The molecule has 0 aliphatic heterocycles. The van der Waals surface area contributed by atoms with E-state index < -0.39 is 0 Å². The maximum absolute atomic E-state index is 6.17. The normalized spacial score (nSPS) is 10.2. The van der Waals surface area contributed by atoms with Crippen molar-refractivity contribution in [3.8, 4) is 0 Å². The summed E-state index contributed by atoms with van der Waals surface area (Å²) in [6.07, 6.45) is 4.81. The molecule has 104 valence electrons. The van der Waals surface area contributed by atoms with E-state index in [1.807, 2.05) is 24.3 Å². The van der Waals surface area contributed by atoms with Gasteiger partial charge in [0, 0.05) is 19.6 Å². The molecule has 0 saturated carbocycles. The monoisotopic (exact) mass is 279 g/mol. The van der Waals surface area contributed by atoms with Crippen molar-refractivity contribution in [2.75, 3.05) is 24.5 Å². The SMILES string of the molecule is C=CCN(CC=C)c1ccc(Cl)c(CNCCC)n1. The summed E-state index contributed by atoms with van der Waals surface area (Å²) in [7, 11) is 0. The molecule has 1 N–H and O–H groups in total. The first-order valence-corrected chi connectivity index (χ1v) is 6.93. The van der Waals surface area contributed by atoms with Crippen molar-refractivity contribution in [3.05, 3.63) is 48.2 Å². The summed E-state index contributed by atoms with van der Waals surface area (Å²) in [6, 6.07) is 3.82. The van der Waals surface area contributed by atoms with Crippen molar-refractivity contribution < 1.29 is 0 Å². The lowest BCUT2D eigenvalue weighted by Crippen LogP contribution is -2.25. The Morgan fingerprint density at radius 2 is 2.00 bits per heavy atom. The molecule has 1 heterocycles. The third-order valence-electron chi connectivity index (χ3n) is 2.65. The largest absolute Gasteiger partial charge is 0.349 e. The number of aromatic nitrogens is 1. The highest BCUT2D eigenvalue weighted by atomic mass is 35.5. The van der Waals surface area contributed by atoms with Crippen LogP contribution >= 0.6 is 11.6 Å². The van der Waals surface area contributed by atoms with Gasteiger partial charge in [0.1, 0.15) is 5.82 Å². The number of rotatable bonds is 9. The standard InChI is InChI=1S/C15H22ClN3/c1-4-9-17-12-14-13(16)7-8-15(18-14)19(10-5-2)11-6-3/h5-8,17H,2-4,9-12H2,1H3. The van der Waals surface area contributed by atoms with Crippen LogP contribution in [-0.4, -0.2) is 24.6 Å². The summed E-state index contributed by atoms with van der Waals surface area (Å²) in [5, 5.41) is 4.02. The van der Waals surface area contributed by atoms with Crippen LogP contribution in [0.3, 0.4) is 0 Å². The van der Waals surface area contributed by atoms with Crippen LogP contribution in [0.5, 0.6) is 0 Å². The number of nitrogens with zero attached hydrogens (tertiary/aromatic N) is 2. The Hall–Kier alpha value is -1.32. The minimum Gasteiger partial charge on any atom is -0.349 e. The summed E-state index contributed by atoms with van der Waals surface area (Å²) in [4.78, 5) is 6.71. The van der Waals surface area contributed by atoms with E-state index in [4.69, 9.17) is 11.6 Å². The summed E-state index contributed by atoms with van der Waals surface area (Å²) in [5.74, 6) is 0.900. The van der Waals surface area contributed by atoms with E-state index in [0.29, 0.717) is 11.6 Å². The van der Waals surface area contributed by atoms with Crippen LogP contribution in [-0.2, 0) is 6.54 Å². The van der Waals surface area contributed by atoms with Gasteiger partial charge in [0.25, 0.3) is 0 Å². The van der Waals surface area contributed by atoms with Crippen LogP contribution in [0.2, 0.25) is 5.02 Å². The predicted octanol–water partition coefficient (Wildman–Crippen LogP) is 3.41. The molecule has 0 atom stereocenters. The fourth-order valence-corrected chi connectivity index (χ4v) is 1.90. The van der Waals surface area contributed by atoms with Crippen molar-refractivity contribution in [3.63, 3.8) is 0 Å². The van der Waals surface area contributed by atoms with Gasteiger partial charge in [0.15, 0.2) is 0 Å². The van der Waals surface area contributed by atoms with E-state index >= 15 is 0 Å². The Kier molecular flexibility index (Phi) is 7.23. The molecule has 0 bridgehead atoms. The quantitative estimate of drug-likeness (QED) is 0.555. The van der Waals surface area contributed by atoms with Gasteiger partial charge < -0.3 is 10.2 Å². The molecule has 1 aromatic heterocycles. The summed E-state index contributed by atoms with van der Waals surface area (Å²) in [5.41, 5.74) is 0.880. The Labute approximate surface area is 121 Å². The Morgan fingerprint density at radius 1 is 1.32 bits per heavy atom. The smallest absolute Gasteiger partial charge is 0.129 e. The van der Waals surface area contributed by atoms with Crippen LogP contribution < -0.4 is 10.2 Å². The fourth-order valence-electron chi connectivity index (χ4n) is 1.73. The van der Waals surface area contributed by atoms with Gasteiger partial charge in [0.05, 0.1) is 10.7 Å². The molecule has 0 spiro atoms.